The zero-order chi connectivity index (χ0) is 12.5. The van der Waals surface area contributed by atoms with Crippen molar-refractivity contribution >= 4 is 11.3 Å². The van der Waals surface area contributed by atoms with Gasteiger partial charge in [-0.25, -0.2) is 0 Å². The number of allylic oxidation sites excluding steroid dienone is 2. The maximum absolute atomic E-state index is 5.72. The maximum Gasteiger partial charge on any atom is 0.0314 e. The van der Waals surface area contributed by atoms with E-state index in [4.69, 9.17) is 5.73 Å². The lowest BCUT2D eigenvalue weighted by Crippen LogP contribution is -2.21. The van der Waals surface area contributed by atoms with Crippen LogP contribution in [0, 0.1) is 11.3 Å². The molecule has 0 aromatic heterocycles. The molecule has 0 heterocycles. The van der Waals surface area contributed by atoms with Gasteiger partial charge >= 0.3 is 0 Å². The van der Waals surface area contributed by atoms with Crippen molar-refractivity contribution in [3.63, 3.8) is 0 Å². The van der Waals surface area contributed by atoms with Gasteiger partial charge in [-0.05, 0) is 53.9 Å². The number of hydrogen-bond acceptors (Lipinski definition) is 1. The molecule has 2 rings (SSSR count). The van der Waals surface area contributed by atoms with E-state index >= 15 is 0 Å². The molecular formula is C16H23N. The zero-order valence-electron chi connectivity index (χ0n) is 11.2. The van der Waals surface area contributed by atoms with Crippen molar-refractivity contribution in [3.8, 4) is 0 Å². The highest BCUT2D eigenvalue weighted by molar-refractivity contribution is 5.67. The molecule has 1 aliphatic rings. The van der Waals surface area contributed by atoms with Crippen LogP contribution >= 0.6 is 0 Å². The van der Waals surface area contributed by atoms with Crippen LogP contribution in [0.5, 0.6) is 0 Å². The quantitative estimate of drug-likeness (QED) is 0.705. The minimum absolute atomic E-state index is 0.434. The molecule has 1 aromatic carbocycles. The zero-order valence-corrected chi connectivity index (χ0v) is 11.2. The van der Waals surface area contributed by atoms with Crippen molar-refractivity contribution in [2.45, 2.75) is 40.0 Å². The summed E-state index contributed by atoms with van der Waals surface area (Å²) < 4.78 is 0. The molecule has 1 atom stereocenters. The summed E-state index contributed by atoms with van der Waals surface area (Å²) in [5.74, 6) is 0.819. The van der Waals surface area contributed by atoms with Crippen molar-refractivity contribution in [3.05, 3.63) is 35.9 Å². The SMILES string of the molecule is CC(C)(C)C1CC=C(c2ccc(N)cc2)CC1. The summed E-state index contributed by atoms with van der Waals surface area (Å²) in [6, 6.07) is 8.26. The van der Waals surface area contributed by atoms with E-state index in [9.17, 15) is 0 Å². The Morgan fingerprint density at radius 1 is 1.12 bits per heavy atom. The molecule has 1 aliphatic carbocycles. The maximum atomic E-state index is 5.72. The average molecular weight is 229 g/mol. The Kier molecular flexibility index (Phi) is 3.28. The third-order valence-corrected chi connectivity index (χ3v) is 3.92. The Hall–Kier alpha value is -1.24. The Morgan fingerprint density at radius 2 is 1.76 bits per heavy atom. The van der Waals surface area contributed by atoms with Crippen molar-refractivity contribution < 1.29 is 0 Å². The van der Waals surface area contributed by atoms with Crippen LogP contribution in [0.25, 0.3) is 5.57 Å². The Bertz CT molecular complexity index is 406. The van der Waals surface area contributed by atoms with Crippen molar-refractivity contribution in [1.29, 1.82) is 0 Å². The average Bonchev–Trinajstić information content (AvgIpc) is 2.29. The summed E-state index contributed by atoms with van der Waals surface area (Å²) in [5, 5.41) is 0. The fourth-order valence-electron chi connectivity index (χ4n) is 2.58. The Labute approximate surface area is 105 Å². The van der Waals surface area contributed by atoms with Gasteiger partial charge in [0, 0.05) is 5.69 Å². The highest BCUT2D eigenvalue weighted by Gasteiger charge is 2.26. The predicted octanol–water partition coefficient (Wildman–Crippen LogP) is 4.50. The summed E-state index contributed by atoms with van der Waals surface area (Å²) >= 11 is 0. The molecule has 0 saturated carbocycles. The van der Waals surface area contributed by atoms with Crippen molar-refractivity contribution in [2.24, 2.45) is 11.3 Å². The molecule has 1 nitrogen and oxygen atoms in total. The van der Waals surface area contributed by atoms with Gasteiger partial charge in [0.15, 0.2) is 0 Å². The lowest BCUT2D eigenvalue weighted by Gasteiger charge is -2.33. The first-order chi connectivity index (χ1) is 7.97. The van der Waals surface area contributed by atoms with E-state index in [2.05, 4.69) is 39.0 Å². The van der Waals surface area contributed by atoms with E-state index < -0.39 is 0 Å². The summed E-state index contributed by atoms with van der Waals surface area (Å²) in [6.45, 7) is 7.04. The first-order valence-corrected chi connectivity index (χ1v) is 6.52. The van der Waals surface area contributed by atoms with Crippen LogP contribution in [-0.2, 0) is 0 Å². The molecule has 1 unspecified atom stereocenters. The molecule has 92 valence electrons. The summed E-state index contributed by atoms with van der Waals surface area (Å²) in [7, 11) is 0. The van der Waals surface area contributed by atoms with Crippen LogP contribution in [0.4, 0.5) is 5.69 Å². The van der Waals surface area contributed by atoms with E-state index in [0.717, 1.165) is 11.6 Å². The molecule has 2 N–H and O–H groups in total. The molecule has 1 aromatic rings. The molecule has 0 radical (unpaired) electrons. The largest absolute Gasteiger partial charge is 0.399 e. The van der Waals surface area contributed by atoms with E-state index in [1.807, 2.05) is 12.1 Å². The topological polar surface area (TPSA) is 26.0 Å². The van der Waals surface area contributed by atoms with Crippen LogP contribution in [0.15, 0.2) is 30.3 Å². The lowest BCUT2D eigenvalue weighted by atomic mass is 9.72. The van der Waals surface area contributed by atoms with Gasteiger partial charge in [-0.3, -0.25) is 0 Å². The van der Waals surface area contributed by atoms with Gasteiger partial charge < -0.3 is 5.73 Å². The third kappa shape index (κ3) is 2.91. The molecule has 0 amide bonds. The summed E-state index contributed by atoms with van der Waals surface area (Å²) in [4.78, 5) is 0. The van der Waals surface area contributed by atoms with Gasteiger partial charge in [-0.2, -0.15) is 0 Å². The molecule has 0 spiro atoms. The summed E-state index contributed by atoms with van der Waals surface area (Å²) in [5.41, 5.74) is 9.83. The number of nitrogens with two attached hydrogens (primary N) is 1. The normalized spacial score (nSPS) is 21.1. The fraction of sp³-hybridized carbons (Fsp3) is 0.500. The number of hydrogen-bond donors (Lipinski definition) is 1. The molecule has 1 heteroatoms. The van der Waals surface area contributed by atoms with Gasteiger partial charge in [0.2, 0.25) is 0 Å². The highest BCUT2D eigenvalue weighted by atomic mass is 14.5. The minimum Gasteiger partial charge on any atom is -0.399 e. The van der Waals surface area contributed by atoms with Gasteiger partial charge in [0.25, 0.3) is 0 Å². The van der Waals surface area contributed by atoms with E-state index in [0.29, 0.717) is 5.41 Å². The Morgan fingerprint density at radius 3 is 2.24 bits per heavy atom. The molecular weight excluding hydrogens is 206 g/mol. The molecule has 0 bridgehead atoms. The standard InChI is InChI=1S/C16H23N/c1-16(2,3)14-8-4-12(5-9-14)13-6-10-15(17)11-7-13/h4,6-7,10-11,14H,5,8-9,17H2,1-3H3. The Balaban J connectivity index is 2.11. The van der Waals surface area contributed by atoms with E-state index in [1.54, 1.807) is 0 Å². The number of benzene rings is 1. The van der Waals surface area contributed by atoms with Gasteiger partial charge in [-0.15, -0.1) is 0 Å². The van der Waals surface area contributed by atoms with E-state index in [1.165, 1.54) is 30.4 Å². The second-order valence-electron chi connectivity index (χ2n) is 6.19. The van der Waals surface area contributed by atoms with Crippen LogP contribution in [0.2, 0.25) is 0 Å². The second kappa shape index (κ2) is 4.56. The summed E-state index contributed by atoms with van der Waals surface area (Å²) in [6.07, 6.45) is 6.14. The first kappa shape index (κ1) is 12.2. The first-order valence-electron chi connectivity index (χ1n) is 6.52. The number of anilines is 1. The van der Waals surface area contributed by atoms with Crippen LogP contribution in [0.3, 0.4) is 0 Å². The van der Waals surface area contributed by atoms with Gasteiger partial charge in [-0.1, -0.05) is 39.0 Å². The fourth-order valence-corrected chi connectivity index (χ4v) is 2.58. The van der Waals surface area contributed by atoms with Gasteiger partial charge in [0.1, 0.15) is 0 Å². The van der Waals surface area contributed by atoms with Crippen LogP contribution in [0.1, 0.15) is 45.6 Å². The monoisotopic (exact) mass is 229 g/mol. The molecule has 17 heavy (non-hydrogen) atoms. The smallest absolute Gasteiger partial charge is 0.0314 e. The van der Waals surface area contributed by atoms with Crippen LogP contribution < -0.4 is 5.73 Å². The van der Waals surface area contributed by atoms with Gasteiger partial charge in [0.05, 0.1) is 0 Å². The van der Waals surface area contributed by atoms with Crippen molar-refractivity contribution in [2.75, 3.05) is 5.73 Å². The third-order valence-electron chi connectivity index (χ3n) is 3.92. The minimum atomic E-state index is 0.434. The van der Waals surface area contributed by atoms with Crippen LogP contribution in [-0.4, -0.2) is 0 Å². The molecule has 0 fully saturated rings. The molecule has 0 aliphatic heterocycles. The predicted molar refractivity (Wildman–Crippen MR) is 75.6 cm³/mol. The lowest BCUT2D eigenvalue weighted by molar-refractivity contribution is 0.225. The number of nitrogen functional groups attached to an aromatic ring is 1. The number of rotatable bonds is 1. The molecule has 0 saturated heterocycles. The highest BCUT2D eigenvalue weighted by Crippen LogP contribution is 2.39. The van der Waals surface area contributed by atoms with E-state index in [-0.39, 0.29) is 0 Å². The van der Waals surface area contributed by atoms with Crippen molar-refractivity contribution in [1.82, 2.24) is 0 Å². The second-order valence-corrected chi connectivity index (χ2v) is 6.19.